The first-order valence-corrected chi connectivity index (χ1v) is 10.1. The van der Waals surface area contributed by atoms with Crippen molar-refractivity contribution in [2.24, 2.45) is 0 Å². The fraction of sp³-hybridized carbons (Fsp3) is 0.0909. The second kappa shape index (κ2) is 7.23. The van der Waals surface area contributed by atoms with Crippen LogP contribution in [0.5, 0.6) is 0 Å². The molecule has 0 unspecified atom stereocenters. The number of carbonyl (C=O) groups excluding carboxylic acids is 1. The van der Waals surface area contributed by atoms with E-state index in [4.69, 9.17) is 8.94 Å². The molecule has 0 aliphatic rings. The first-order chi connectivity index (χ1) is 14.6. The minimum Gasteiger partial charge on any atom is -0.408 e. The molecule has 148 valence electrons. The number of nitrogens with zero attached hydrogens (tertiary/aromatic N) is 3. The van der Waals surface area contributed by atoms with Crippen molar-refractivity contribution in [3.05, 3.63) is 93.0 Å². The number of hydrogen-bond acceptors (Lipinski definition) is 7. The lowest BCUT2D eigenvalue weighted by molar-refractivity contribution is 0.103. The number of aromatic nitrogens is 3. The zero-order chi connectivity index (χ0) is 20.7. The lowest BCUT2D eigenvalue weighted by atomic mass is 10.0. The highest BCUT2D eigenvalue weighted by Gasteiger charge is 2.17. The number of benzene rings is 2. The summed E-state index contributed by atoms with van der Waals surface area (Å²) in [5.74, 6) is 0.0910. The number of fused-ring (bicyclic) bond motifs is 1. The molecule has 5 aromatic rings. The molecular formula is C22H15N3O4S. The fourth-order valence-corrected chi connectivity index (χ4v) is 3.83. The van der Waals surface area contributed by atoms with Crippen LogP contribution in [-0.2, 0) is 6.54 Å². The van der Waals surface area contributed by atoms with Crippen LogP contribution >= 0.6 is 11.3 Å². The van der Waals surface area contributed by atoms with Gasteiger partial charge in [0, 0.05) is 11.1 Å². The quantitative estimate of drug-likeness (QED) is 0.396. The molecule has 3 aromatic heterocycles. The number of hydrogen-bond donors (Lipinski definition) is 0. The van der Waals surface area contributed by atoms with Gasteiger partial charge in [-0.1, -0.05) is 41.1 Å². The van der Waals surface area contributed by atoms with Gasteiger partial charge >= 0.3 is 5.76 Å². The molecule has 0 aliphatic heterocycles. The van der Waals surface area contributed by atoms with E-state index >= 15 is 0 Å². The predicted octanol–water partition coefficient (Wildman–Crippen LogP) is 4.29. The van der Waals surface area contributed by atoms with Crippen LogP contribution in [0.25, 0.3) is 21.9 Å². The molecule has 0 radical (unpaired) electrons. The second-order valence-corrected chi connectivity index (χ2v) is 7.77. The summed E-state index contributed by atoms with van der Waals surface area (Å²) in [6.45, 7) is 2.07. The van der Waals surface area contributed by atoms with Crippen LogP contribution in [0.3, 0.4) is 0 Å². The van der Waals surface area contributed by atoms with Crippen molar-refractivity contribution in [2.45, 2.75) is 13.5 Å². The van der Waals surface area contributed by atoms with E-state index in [-0.39, 0.29) is 12.3 Å². The number of oxazole rings is 1. The summed E-state index contributed by atoms with van der Waals surface area (Å²) in [6.07, 6.45) is 0. The summed E-state index contributed by atoms with van der Waals surface area (Å²) in [4.78, 5) is 30.3. The van der Waals surface area contributed by atoms with E-state index in [1.807, 2.05) is 36.6 Å². The first kappa shape index (κ1) is 18.3. The van der Waals surface area contributed by atoms with Crippen LogP contribution in [0.2, 0.25) is 0 Å². The summed E-state index contributed by atoms with van der Waals surface area (Å²) >= 11 is 1.49. The Morgan fingerprint density at radius 3 is 2.67 bits per heavy atom. The molecule has 0 saturated heterocycles. The van der Waals surface area contributed by atoms with Gasteiger partial charge in [0.1, 0.15) is 0 Å². The summed E-state index contributed by atoms with van der Waals surface area (Å²) in [5, 5.41) is 5.87. The van der Waals surface area contributed by atoms with Crippen molar-refractivity contribution in [3.63, 3.8) is 0 Å². The van der Waals surface area contributed by atoms with E-state index in [0.717, 1.165) is 10.4 Å². The van der Waals surface area contributed by atoms with Gasteiger partial charge in [-0.25, -0.2) is 4.79 Å². The van der Waals surface area contributed by atoms with Gasteiger partial charge in [-0.05, 0) is 36.6 Å². The molecule has 0 aliphatic carbocycles. The van der Waals surface area contributed by atoms with Crippen LogP contribution in [0.4, 0.5) is 0 Å². The Morgan fingerprint density at radius 2 is 1.90 bits per heavy atom. The van der Waals surface area contributed by atoms with Crippen molar-refractivity contribution in [3.8, 4) is 10.8 Å². The highest BCUT2D eigenvalue weighted by atomic mass is 32.1. The Balaban J connectivity index is 1.46. The average Bonchev–Trinajstić information content (AvgIpc) is 3.49. The van der Waals surface area contributed by atoms with Gasteiger partial charge in [-0.3, -0.25) is 9.36 Å². The van der Waals surface area contributed by atoms with Gasteiger partial charge in [0.25, 0.3) is 5.89 Å². The SMILES string of the molecule is Cc1ccc(C(=O)c2ccc3c(c2)oc(=O)n3Cc2noc(-c3cccs3)n2)cc1. The Hall–Kier alpha value is -3.78. The molecule has 0 bridgehead atoms. The molecule has 7 nitrogen and oxygen atoms in total. The molecule has 8 heteroatoms. The fourth-order valence-electron chi connectivity index (χ4n) is 3.19. The Kier molecular flexibility index (Phi) is 4.40. The lowest BCUT2D eigenvalue weighted by Crippen LogP contribution is -2.15. The minimum atomic E-state index is -0.549. The van der Waals surface area contributed by atoms with Crippen molar-refractivity contribution in [1.29, 1.82) is 0 Å². The van der Waals surface area contributed by atoms with Crippen molar-refractivity contribution < 1.29 is 13.7 Å². The van der Waals surface area contributed by atoms with E-state index in [2.05, 4.69) is 10.1 Å². The highest BCUT2D eigenvalue weighted by molar-refractivity contribution is 7.13. The molecule has 5 rings (SSSR count). The summed E-state index contributed by atoms with van der Waals surface area (Å²) in [7, 11) is 0. The molecular weight excluding hydrogens is 402 g/mol. The maximum absolute atomic E-state index is 12.7. The first-order valence-electron chi connectivity index (χ1n) is 9.20. The standard InChI is InChI=1S/C22H15N3O4S/c1-13-4-6-14(7-5-13)20(26)15-8-9-16-17(11-15)28-22(27)25(16)12-19-23-21(29-24-19)18-3-2-10-30-18/h2-11H,12H2,1H3. The van der Waals surface area contributed by atoms with Crippen LogP contribution in [0.15, 0.2) is 73.7 Å². The molecule has 0 saturated carbocycles. The second-order valence-electron chi connectivity index (χ2n) is 6.82. The van der Waals surface area contributed by atoms with E-state index in [1.54, 1.807) is 30.3 Å². The van der Waals surface area contributed by atoms with Gasteiger partial charge in [-0.2, -0.15) is 4.98 Å². The molecule has 0 N–H and O–H groups in total. The number of ketones is 1. The number of aryl methyl sites for hydroxylation is 1. The smallest absolute Gasteiger partial charge is 0.408 e. The van der Waals surface area contributed by atoms with Crippen LogP contribution < -0.4 is 5.76 Å². The maximum atomic E-state index is 12.7. The average molecular weight is 417 g/mol. The normalized spacial score (nSPS) is 11.2. The molecule has 0 fully saturated rings. The van der Waals surface area contributed by atoms with Gasteiger partial charge in [0.05, 0.1) is 16.9 Å². The Labute approximate surface area is 174 Å². The van der Waals surface area contributed by atoms with Crippen LogP contribution in [0, 0.1) is 6.92 Å². The third kappa shape index (κ3) is 3.27. The van der Waals surface area contributed by atoms with E-state index < -0.39 is 5.76 Å². The van der Waals surface area contributed by atoms with E-state index in [9.17, 15) is 9.59 Å². The summed E-state index contributed by atoms with van der Waals surface area (Å²) in [6, 6.07) is 16.1. The topological polar surface area (TPSA) is 91.1 Å². The van der Waals surface area contributed by atoms with Gasteiger partial charge in [-0.15, -0.1) is 11.3 Å². The summed E-state index contributed by atoms with van der Waals surface area (Å²) < 4.78 is 12.1. The third-order valence-corrected chi connectivity index (χ3v) is 5.60. The number of thiophene rings is 1. The zero-order valence-electron chi connectivity index (χ0n) is 15.9. The van der Waals surface area contributed by atoms with E-state index in [0.29, 0.717) is 33.9 Å². The highest BCUT2D eigenvalue weighted by Crippen LogP contribution is 2.23. The molecule has 0 atom stereocenters. The van der Waals surface area contributed by atoms with Gasteiger partial charge < -0.3 is 8.94 Å². The van der Waals surface area contributed by atoms with Crippen molar-refractivity contribution >= 4 is 28.2 Å². The molecule has 0 amide bonds. The Morgan fingerprint density at radius 1 is 1.10 bits per heavy atom. The largest absolute Gasteiger partial charge is 0.420 e. The number of rotatable bonds is 5. The van der Waals surface area contributed by atoms with Crippen LogP contribution in [0.1, 0.15) is 27.3 Å². The van der Waals surface area contributed by atoms with Crippen molar-refractivity contribution in [1.82, 2.24) is 14.7 Å². The van der Waals surface area contributed by atoms with Gasteiger partial charge in [0.15, 0.2) is 17.2 Å². The third-order valence-electron chi connectivity index (χ3n) is 4.74. The molecule has 3 heterocycles. The predicted molar refractivity (Wildman–Crippen MR) is 112 cm³/mol. The zero-order valence-corrected chi connectivity index (χ0v) is 16.7. The van der Waals surface area contributed by atoms with Crippen molar-refractivity contribution in [2.75, 3.05) is 0 Å². The number of carbonyl (C=O) groups is 1. The monoisotopic (exact) mass is 417 g/mol. The molecule has 0 spiro atoms. The van der Waals surface area contributed by atoms with Crippen LogP contribution in [-0.4, -0.2) is 20.5 Å². The molecule has 2 aromatic carbocycles. The molecule has 30 heavy (non-hydrogen) atoms. The van der Waals surface area contributed by atoms with Gasteiger partial charge in [0.2, 0.25) is 0 Å². The Bertz CT molecular complexity index is 1410. The lowest BCUT2D eigenvalue weighted by Gasteiger charge is -2.02. The van der Waals surface area contributed by atoms with E-state index in [1.165, 1.54) is 15.9 Å². The maximum Gasteiger partial charge on any atom is 0.420 e. The minimum absolute atomic E-state index is 0.103. The summed E-state index contributed by atoms with van der Waals surface area (Å²) in [5.41, 5.74) is 3.00.